The molecule has 0 aromatic heterocycles. The molecule has 1 N–H and O–H groups in total. The largest absolute Gasteiger partial charge is 0.317 e. The highest BCUT2D eigenvalue weighted by molar-refractivity contribution is 5.88. The molecule has 0 bridgehead atoms. The topological polar surface area (TPSA) is 12.0 Å². The van der Waals surface area contributed by atoms with Crippen molar-refractivity contribution in [2.75, 3.05) is 13.1 Å². The van der Waals surface area contributed by atoms with E-state index < -0.39 is 0 Å². The smallest absolute Gasteiger partial charge is 0.00490 e. The van der Waals surface area contributed by atoms with Crippen molar-refractivity contribution in [1.82, 2.24) is 5.32 Å². The van der Waals surface area contributed by atoms with Crippen LogP contribution < -0.4 is 5.32 Å². The lowest BCUT2D eigenvalue weighted by atomic mass is 9.97. The summed E-state index contributed by atoms with van der Waals surface area (Å²) < 4.78 is 0. The lowest BCUT2D eigenvalue weighted by Crippen LogP contribution is -2.13. The zero-order valence-electron chi connectivity index (χ0n) is 12.2. The minimum Gasteiger partial charge on any atom is -0.317 e. The van der Waals surface area contributed by atoms with Gasteiger partial charge in [0.05, 0.1) is 0 Å². The maximum atomic E-state index is 3.38. The summed E-state index contributed by atoms with van der Waals surface area (Å²) in [7, 11) is 0. The van der Waals surface area contributed by atoms with Crippen molar-refractivity contribution in [2.24, 2.45) is 0 Å². The summed E-state index contributed by atoms with van der Waals surface area (Å²) in [5, 5.41) is 6.23. The maximum absolute atomic E-state index is 3.38. The quantitative estimate of drug-likeness (QED) is 0.720. The van der Waals surface area contributed by atoms with Crippen molar-refractivity contribution in [3.05, 3.63) is 47.5 Å². The van der Waals surface area contributed by atoms with Gasteiger partial charge < -0.3 is 5.32 Å². The van der Waals surface area contributed by atoms with Crippen molar-refractivity contribution in [2.45, 2.75) is 39.5 Å². The van der Waals surface area contributed by atoms with Gasteiger partial charge in [-0.25, -0.2) is 0 Å². The van der Waals surface area contributed by atoms with Gasteiger partial charge in [0, 0.05) is 0 Å². The lowest BCUT2D eigenvalue weighted by Gasteiger charge is -2.09. The van der Waals surface area contributed by atoms with Gasteiger partial charge in [0.15, 0.2) is 0 Å². The first kappa shape index (κ1) is 14.1. The number of aryl methyl sites for hydroxylation is 2. The molecule has 1 nitrogen and oxygen atoms in total. The van der Waals surface area contributed by atoms with E-state index in [1.165, 1.54) is 47.6 Å². The van der Waals surface area contributed by atoms with Gasteiger partial charge in [0.1, 0.15) is 0 Å². The highest BCUT2D eigenvalue weighted by atomic mass is 14.8. The van der Waals surface area contributed by atoms with E-state index in [-0.39, 0.29) is 0 Å². The molecule has 0 amide bonds. The number of benzene rings is 2. The third-order valence-corrected chi connectivity index (χ3v) is 3.78. The zero-order chi connectivity index (χ0) is 13.5. The van der Waals surface area contributed by atoms with E-state index in [1.807, 2.05) is 0 Å². The molecule has 0 unspecified atom stereocenters. The van der Waals surface area contributed by atoms with Crippen LogP contribution in [0.3, 0.4) is 0 Å². The summed E-state index contributed by atoms with van der Waals surface area (Å²) in [6, 6.07) is 13.3. The third kappa shape index (κ3) is 3.81. The van der Waals surface area contributed by atoms with Gasteiger partial charge in [-0.2, -0.15) is 0 Å². The molecule has 0 aliphatic heterocycles. The Balaban J connectivity index is 1.96. The van der Waals surface area contributed by atoms with Gasteiger partial charge in [-0.05, 0) is 61.2 Å². The van der Waals surface area contributed by atoms with Crippen molar-refractivity contribution >= 4 is 10.8 Å². The number of unbranched alkanes of at least 4 members (excludes halogenated alkanes) is 2. The molecule has 0 fully saturated rings. The third-order valence-electron chi connectivity index (χ3n) is 3.78. The first-order valence-electron chi connectivity index (χ1n) is 7.51. The van der Waals surface area contributed by atoms with E-state index >= 15 is 0 Å². The van der Waals surface area contributed by atoms with E-state index in [4.69, 9.17) is 0 Å². The Hall–Kier alpha value is -1.34. The van der Waals surface area contributed by atoms with Crippen LogP contribution in [0.5, 0.6) is 0 Å². The predicted molar refractivity (Wildman–Crippen MR) is 84.8 cm³/mol. The number of rotatable bonds is 7. The molecule has 0 aliphatic rings. The second kappa shape index (κ2) is 7.30. The van der Waals surface area contributed by atoms with Crippen LogP contribution in [0.25, 0.3) is 10.8 Å². The SMILES string of the molecule is CCNCCCCCc1ccc(C)c2ccccc12. The second-order valence-corrected chi connectivity index (χ2v) is 5.25. The maximum Gasteiger partial charge on any atom is -0.00490 e. The van der Waals surface area contributed by atoms with Crippen LogP contribution in [0, 0.1) is 6.92 Å². The molecule has 19 heavy (non-hydrogen) atoms. The fourth-order valence-electron chi connectivity index (χ4n) is 2.65. The number of hydrogen-bond acceptors (Lipinski definition) is 1. The van der Waals surface area contributed by atoms with Crippen LogP contribution in [0.4, 0.5) is 0 Å². The Bertz CT molecular complexity index is 516. The molecule has 0 saturated carbocycles. The summed E-state index contributed by atoms with van der Waals surface area (Å²) in [6.07, 6.45) is 5.10. The zero-order valence-corrected chi connectivity index (χ0v) is 12.2. The van der Waals surface area contributed by atoms with E-state index in [0.717, 1.165) is 13.1 Å². The molecular formula is C18H25N. The van der Waals surface area contributed by atoms with Crippen LogP contribution in [-0.4, -0.2) is 13.1 Å². The first-order chi connectivity index (χ1) is 9.33. The molecule has 0 radical (unpaired) electrons. The molecule has 0 aliphatic carbocycles. The Morgan fingerprint density at radius 1 is 0.895 bits per heavy atom. The molecule has 1 heteroatoms. The molecule has 0 heterocycles. The predicted octanol–water partition coefficient (Wildman–Crippen LogP) is 4.47. The number of nitrogens with one attached hydrogen (secondary N) is 1. The molecule has 0 saturated heterocycles. The summed E-state index contributed by atoms with van der Waals surface area (Å²) in [4.78, 5) is 0. The van der Waals surface area contributed by atoms with E-state index in [9.17, 15) is 0 Å². The van der Waals surface area contributed by atoms with Crippen molar-refractivity contribution in [3.8, 4) is 0 Å². The van der Waals surface area contributed by atoms with Crippen LogP contribution >= 0.6 is 0 Å². The highest BCUT2D eigenvalue weighted by Gasteiger charge is 2.02. The van der Waals surface area contributed by atoms with Gasteiger partial charge in [-0.1, -0.05) is 49.7 Å². The standard InChI is InChI=1S/C18H25N/c1-3-19-14-8-4-5-9-16-13-12-15(2)17-10-6-7-11-18(16)17/h6-7,10-13,19H,3-5,8-9,14H2,1-2H3. The molecule has 2 aromatic carbocycles. The van der Waals surface area contributed by atoms with Crippen LogP contribution in [0.15, 0.2) is 36.4 Å². The molecule has 2 aromatic rings. The van der Waals surface area contributed by atoms with Crippen LogP contribution in [0.2, 0.25) is 0 Å². The fraction of sp³-hybridized carbons (Fsp3) is 0.444. The van der Waals surface area contributed by atoms with E-state index in [1.54, 1.807) is 0 Å². The fourth-order valence-corrected chi connectivity index (χ4v) is 2.65. The summed E-state index contributed by atoms with van der Waals surface area (Å²) in [6.45, 7) is 6.61. The first-order valence-corrected chi connectivity index (χ1v) is 7.51. The van der Waals surface area contributed by atoms with Gasteiger partial charge >= 0.3 is 0 Å². The molecular weight excluding hydrogens is 230 g/mol. The van der Waals surface area contributed by atoms with E-state index in [0.29, 0.717) is 0 Å². The van der Waals surface area contributed by atoms with Crippen LogP contribution in [-0.2, 0) is 6.42 Å². The second-order valence-electron chi connectivity index (χ2n) is 5.25. The van der Waals surface area contributed by atoms with Crippen LogP contribution in [0.1, 0.15) is 37.3 Å². The monoisotopic (exact) mass is 255 g/mol. The normalized spacial score (nSPS) is 11.1. The van der Waals surface area contributed by atoms with E-state index in [2.05, 4.69) is 55.6 Å². The van der Waals surface area contributed by atoms with Crippen molar-refractivity contribution in [3.63, 3.8) is 0 Å². The average Bonchev–Trinajstić information content (AvgIpc) is 2.45. The molecule has 0 spiro atoms. The van der Waals surface area contributed by atoms with Gasteiger partial charge in [0.25, 0.3) is 0 Å². The minimum absolute atomic E-state index is 1.09. The number of hydrogen-bond donors (Lipinski definition) is 1. The van der Waals surface area contributed by atoms with Crippen molar-refractivity contribution < 1.29 is 0 Å². The Kier molecular flexibility index (Phi) is 5.41. The molecule has 102 valence electrons. The Morgan fingerprint density at radius 2 is 1.68 bits per heavy atom. The Labute approximate surface area is 117 Å². The summed E-state index contributed by atoms with van der Waals surface area (Å²) in [5.41, 5.74) is 2.89. The van der Waals surface area contributed by atoms with Gasteiger partial charge in [-0.3, -0.25) is 0 Å². The minimum atomic E-state index is 1.09. The summed E-state index contributed by atoms with van der Waals surface area (Å²) >= 11 is 0. The number of fused-ring (bicyclic) bond motifs is 1. The average molecular weight is 255 g/mol. The lowest BCUT2D eigenvalue weighted by molar-refractivity contribution is 0.617. The Morgan fingerprint density at radius 3 is 2.47 bits per heavy atom. The van der Waals surface area contributed by atoms with Crippen molar-refractivity contribution in [1.29, 1.82) is 0 Å². The summed E-state index contributed by atoms with van der Waals surface area (Å²) in [5.74, 6) is 0. The molecule has 0 atom stereocenters. The highest BCUT2D eigenvalue weighted by Crippen LogP contribution is 2.23. The van der Waals surface area contributed by atoms with Gasteiger partial charge in [-0.15, -0.1) is 0 Å². The van der Waals surface area contributed by atoms with Gasteiger partial charge in [0.2, 0.25) is 0 Å². The molecule has 2 rings (SSSR count).